The molecule has 0 aliphatic carbocycles. The van der Waals surface area contributed by atoms with Crippen LogP contribution < -0.4 is 5.43 Å². The molecule has 0 atom stereocenters. The van der Waals surface area contributed by atoms with Gasteiger partial charge in [0.15, 0.2) is 5.43 Å². The zero-order chi connectivity index (χ0) is 12.1. The second kappa shape index (κ2) is 5.37. The summed E-state index contributed by atoms with van der Waals surface area (Å²) in [5, 5.41) is 8.24. The van der Waals surface area contributed by atoms with Gasteiger partial charge in [0, 0.05) is 0 Å². The Morgan fingerprint density at radius 2 is 1.35 bits per heavy atom. The summed E-state index contributed by atoms with van der Waals surface area (Å²) in [6.07, 6.45) is 0. The van der Waals surface area contributed by atoms with Crippen molar-refractivity contribution in [2.75, 3.05) is 0 Å². The van der Waals surface area contributed by atoms with E-state index in [0.29, 0.717) is 5.69 Å². The van der Waals surface area contributed by atoms with Crippen LogP contribution in [-0.2, 0) is 0 Å². The van der Waals surface area contributed by atoms with Gasteiger partial charge in [0.05, 0.1) is 16.4 Å². The van der Waals surface area contributed by atoms with Crippen molar-refractivity contribution in [2.24, 2.45) is 10.2 Å². The average Bonchev–Trinajstić information content (AvgIpc) is 2.52. The zero-order valence-corrected chi connectivity index (χ0v) is 9.63. The lowest BCUT2D eigenvalue weighted by atomic mass is 10.3. The number of nitrogens with zero attached hydrogens (tertiary/aromatic N) is 2. The van der Waals surface area contributed by atoms with Gasteiger partial charge in [0.25, 0.3) is 0 Å². The first-order chi connectivity index (χ1) is 8.25. The summed E-state index contributed by atoms with van der Waals surface area (Å²) < 4.78 is 0. The molecule has 2 rings (SSSR count). The lowest BCUT2D eigenvalue weighted by molar-refractivity contribution is 1.23. The SMILES string of the molecule is O=c1ccc(N=Nc2ccccc2)ccc1Cl. The highest BCUT2D eigenvalue weighted by molar-refractivity contribution is 6.30. The van der Waals surface area contributed by atoms with Crippen molar-refractivity contribution in [2.45, 2.75) is 0 Å². The first-order valence-electron chi connectivity index (χ1n) is 5.02. The summed E-state index contributed by atoms with van der Waals surface area (Å²) >= 11 is 5.70. The van der Waals surface area contributed by atoms with E-state index in [9.17, 15) is 4.79 Å². The van der Waals surface area contributed by atoms with E-state index in [-0.39, 0.29) is 10.5 Å². The van der Waals surface area contributed by atoms with Gasteiger partial charge >= 0.3 is 0 Å². The maximum Gasteiger partial charge on any atom is 0.197 e. The quantitative estimate of drug-likeness (QED) is 0.733. The van der Waals surface area contributed by atoms with Crippen molar-refractivity contribution < 1.29 is 0 Å². The Bertz CT molecular complexity index is 597. The van der Waals surface area contributed by atoms with Gasteiger partial charge in [0.2, 0.25) is 0 Å². The highest BCUT2D eigenvalue weighted by Crippen LogP contribution is 2.16. The average molecular weight is 245 g/mol. The third kappa shape index (κ3) is 3.23. The minimum Gasteiger partial charge on any atom is -0.288 e. The van der Waals surface area contributed by atoms with Crippen molar-refractivity contribution in [1.82, 2.24) is 0 Å². The predicted octanol–water partition coefficient (Wildman–Crippen LogP) is 4.12. The topological polar surface area (TPSA) is 41.8 Å². The van der Waals surface area contributed by atoms with Gasteiger partial charge in [-0.1, -0.05) is 29.8 Å². The molecule has 0 N–H and O–H groups in total. The monoisotopic (exact) mass is 244 g/mol. The number of halogens is 1. The Morgan fingerprint density at radius 3 is 2.06 bits per heavy atom. The van der Waals surface area contributed by atoms with Crippen LogP contribution in [0.25, 0.3) is 0 Å². The fourth-order valence-electron chi connectivity index (χ4n) is 1.21. The molecule has 0 amide bonds. The molecule has 0 unspecified atom stereocenters. The minimum atomic E-state index is -0.229. The van der Waals surface area contributed by atoms with Crippen LogP contribution >= 0.6 is 11.6 Å². The normalized spacial score (nSPS) is 10.6. The molecule has 0 aromatic heterocycles. The fraction of sp³-hybridized carbons (Fsp3) is 0. The number of hydrogen-bond donors (Lipinski definition) is 0. The van der Waals surface area contributed by atoms with Gasteiger partial charge in [-0.3, -0.25) is 4.79 Å². The molecule has 3 nitrogen and oxygen atoms in total. The van der Waals surface area contributed by atoms with E-state index in [2.05, 4.69) is 10.2 Å². The highest BCUT2D eigenvalue weighted by Gasteiger charge is 1.93. The molecule has 17 heavy (non-hydrogen) atoms. The standard InChI is InChI=1S/C13H9ClN2O/c14-12-8-6-11(7-9-13(12)17)16-15-10-4-2-1-3-5-10/h1-9H. The first kappa shape index (κ1) is 11.5. The Morgan fingerprint density at radius 1 is 0.765 bits per heavy atom. The molecule has 0 fully saturated rings. The van der Waals surface area contributed by atoms with Gasteiger partial charge in [-0.05, 0) is 36.4 Å². The van der Waals surface area contributed by atoms with E-state index >= 15 is 0 Å². The molecule has 0 saturated heterocycles. The number of hydrogen-bond acceptors (Lipinski definition) is 3. The second-order valence-electron chi connectivity index (χ2n) is 3.34. The van der Waals surface area contributed by atoms with E-state index in [0.717, 1.165) is 5.69 Å². The van der Waals surface area contributed by atoms with Crippen LogP contribution in [0.2, 0.25) is 5.02 Å². The summed E-state index contributed by atoms with van der Waals surface area (Å²) in [7, 11) is 0. The second-order valence-corrected chi connectivity index (χ2v) is 3.75. The van der Waals surface area contributed by atoms with E-state index in [1.165, 1.54) is 12.1 Å². The van der Waals surface area contributed by atoms with Crippen LogP contribution in [0.15, 0.2) is 69.6 Å². The van der Waals surface area contributed by atoms with Gasteiger partial charge in [0.1, 0.15) is 0 Å². The Hall–Kier alpha value is -2.00. The Labute approximate surface area is 103 Å². The van der Waals surface area contributed by atoms with E-state index in [1.54, 1.807) is 12.1 Å². The van der Waals surface area contributed by atoms with Crippen LogP contribution in [0.1, 0.15) is 0 Å². The third-order valence-corrected chi connectivity index (χ3v) is 2.39. The van der Waals surface area contributed by atoms with Crippen LogP contribution in [0.4, 0.5) is 11.4 Å². The molecule has 2 aromatic carbocycles. The lowest BCUT2D eigenvalue weighted by Gasteiger charge is -1.89. The fourth-order valence-corrected chi connectivity index (χ4v) is 1.34. The molecule has 0 aliphatic rings. The molecule has 0 aliphatic heterocycles. The Kier molecular flexibility index (Phi) is 3.62. The summed E-state index contributed by atoms with van der Waals surface area (Å²) in [6, 6.07) is 15.5. The highest BCUT2D eigenvalue weighted by atomic mass is 35.5. The van der Waals surface area contributed by atoms with Crippen LogP contribution in [0.5, 0.6) is 0 Å². The Balaban J connectivity index is 2.29. The van der Waals surface area contributed by atoms with Crippen molar-refractivity contribution in [3.05, 3.63) is 69.8 Å². The van der Waals surface area contributed by atoms with Crippen molar-refractivity contribution in [1.29, 1.82) is 0 Å². The molecule has 0 spiro atoms. The maximum atomic E-state index is 11.2. The zero-order valence-electron chi connectivity index (χ0n) is 8.88. The molecule has 4 heteroatoms. The van der Waals surface area contributed by atoms with E-state index < -0.39 is 0 Å². The maximum absolute atomic E-state index is 11.2. The van der Waals surface area contributed by atoms with Crippen LogP contribution in [-0.4, -0.2) is 0 Å². The van der Waals surface area contributed by atoms with Crippen LogP contribution in [0.3, 0.4) is 0 Å². The van der Waals surface area contributed by atoms with Crippen molar-refractivity contribution in [3.8, 4) is 0 Å². The molecule has 0 bridgehead atoms. The van der Waals surface area contributed by atoms with E-state index in [4.69, 9.17) is 11.6 Å². The van der Waals surface area contributed by atoms with Gasteiger partial charge in [-0.15, -0.1) is 0 Å². The van der Waals surface area contributed by atoms with Gasteiger partial charge in [-0.2, -0.15) is 10.2 Å². The number of azo groups is 1. The summed E-state index contributed by atoms with van der Waals surface area (Å²) in [4.78, 5) is 11.2. The predicted molar refractivity (Wildman–Crippen MR) is 68.3 cm³/mol. The van der Waals surface area contributed by atoms with Gasteiger partial charge < -0.3 is 0 Å². The third-order valence-electron chi connectivity index (χ3n) is 2.08. The first-order valence-corrected chi connectivity index (χ1v) is 5.40. The molecular weight excluding hydrogens is 236 g/mol. The molecule has 0 saturated carbocycles. The number of rotatable bonds is 2. The van der Waals surface area contributed by atoms with Gasteiger partial charge in [-0.25, -0.2) is 0 Å². The molecule has 84 valence electrons. The summed E-state index contributed by atoms with van der Waals surface area (Å²) in [5.41, 5.74) is 1.11. The molecule has 0 radical (unpaired) electrons. The molecular formula is C13H9ClN2O. The van der Waals surface area contributed by atoms with Crippen molar-refractivity contribution >= 4 is 23.0 Å². The number of benzene rings is 1. The van der Waals surface area contributed by atoms with Crippen LogP contribution in [0, 0.1) is 0 Å². The van der Waals surface area contributed by atoms with Crippen molar-refractivity contribution in [3.63, 3.8) is 0 Å². The molecule has 2 aromatic rings. The largest absolute Gasteiger partial charge is 0.288 e. The van der Waals surface area contributed by atoms with E-state index in [1.807, 2.05) is 30.3 Å². The lowest BCUT2D eigenvalue weighted by Crippen LogP contribution is -1.92. The summed E-state index contributed by atoms with van der Waals surface area (Å²) in [5.74, 6) is 0. The smallest absolute Gasteiger partial charge is 0.197 e. The molecule has 0 heterocycles. The summed E-state index contributed by atoms with van der Waals surface area (Å²) in [6.45, 7) is 0. The minimum absolute atomic E-state index is 0.172.